The van der Waals surface area contributed by atoms with Gasteiger partial charge in [0, 0.05) is 6.42 Å². The minimum Gasteiger partial charge on any atom is -0.480 e. The van der Waals surface area contributed by atoms with Gasteiger partial charge in [0.25, 0.3) is 0 Å². The first-order valence-electron chi connectivity index (χ1n) is 11.3. The molecule has 1 unspecified atom stereocenters. The van der Waals surface area contributed by atoms with Crippen LogP contribution in [0.2, 0.25) is 0 Å². The molecule has 0 aromatic heterocycles. The van der Waals surface area contributed by atoms with Gasteiger partial charge in [-0.2, -0.15) is 0 Å². The number of carbonyl (C=O) groups is 5. The van der Waals surface area contributed by atoms with Crippen LogP contribution >= 0.6 is 0 Å². The molecule has 1 aromatic carbocycles. The van der Waals surface area contributed by atoms with Crippen LogP contribution in [0.5, 0.6) is 0 Å². The number of carboxylic acid groups (broad SMARTS) is 2. The molecule has 200 valence electrons. The maximum absolute atomic E-state index is 12.4. The van der Waals surface area contributed by atoms with Crippen LogP contribution < -0.4 is 10.6 Å². The molecule has 5 N–H and O–H groups in total. The standard InChI is InChI=1S/C24H34N2O10/c1-24(2,14-27)36-20(29)13-25-17(21(30)31)9-10-19(28)26-18(22(32)33)12-16(23(34)35-3)11-15-7-5-4-6-8-15/h4-8,16-18,25,27H,9-14H2,1-3H3,(H,26,28)(H,30,31)(H,32,33)/t16?,17-,18-/m0/s1. The van der Waals surface area contributed by atoms with Gasteiger partial charge in [-0.15, -0.1) is 0 Å². The molecule has 0 aliphatic carbocycles. The van der Waals surface area contributed by atoms with Crippen molar-refractivity contribution in [2.45, 2.75) is 57.2 Å². The quantitative estimate of drug-likeness (QED) is 0.190. The average Bonchev–Trinajstić information content (AvgIpc) is 2.82. The number of aliphatic hydroxyl groups excluding tert-OH is 1. The van der Waals surface area contributed by atoms with Gasteiger partial charge in [0.05, 0.1) is 26.2 Å². The number of benzene rings is 1. The number of aliphatic hydroxyl groups is 1. The third kappa shape index (κ3) is 11.3. The number of aliphatic carboxylic acids is 2. The second kappa shape index (κ2) is 14.8. The van der Waals surface area contributed by atoms with E-state index in [9.17, 15) is 34.2 Å². The van der Waals surface area contributed by atoms with E-state index in [2.05, 4.69) is 10.6 Å². The molecule has 0 bridgehead atoms. The molecular weight excluding hydrogens is 476 g/mol. The average molecular weight is 511 g/mol. The summed E-state index contributed by atoms with van der Waals surface area (Å²) in [6.45, 7) is 2.06. The molecule has 12 nitrogen and oxygen atoms in total. The molecule has 3 atom stereocenters. The minimum absolute atomic E-state index is 0.210. The Morgan fingerprint density at radius 1 is 1.00 bits per heavy atom. The van der Waals surface area contributed by atoms with Gasteiger partial charge in [0.15, 0.2) is 0 Å². The van der Waals surface area contributed by atoms with Crippen molar-refractivity contribution in [1.82, 2.24) is 10.6 Å². The summed E-state index contributed by atoms with van der Waals surface area (Å²) in [6.07, 6.45) is -0.613. The van der Waals surface area contributed by atoms with E-state index in [1.54, 1.807) is 30.3 Å². The van der Waals surface area contributed by atoms with E-state index in [0.717, 1.165) is 5.56 Å². The summed E-state index contributed by atoms with van der Waals surface area (Å²) in [5.74, 6) is -5.65. The van der Waals surface area contributed by atoms with E-state index < -0.39 is 66.5 Å². The molecule has 0 spiro atoms. The Bertz CT molecular complexity index is 903. The zero-order valence-corrected chi connectivity index (χ0v) is 20.6. The molecule has 1 amide bonds. The van der Waals surface area contributed by atoms with Crippen LogP contribution in [0.25, 0.3) is 0 Å². The second-order valence-electron chi connectivity index (χ2n) is 8.81. The number of hydrogen-bond acceptors (Lipinski definition) is 9. The van der Waals surface area contributed by atoms with Crippen LogP contribution in [-0.4, -0.2) is 83.1 Å². The highest BCUT2D eigenvalue weighted by Crippen LogP contribution is 2.17. The molecule has 0 saturated heterocycles. The first-order chi connectivity index (χ1) is 16.9. The Balaban J connectivity index is 2.71. The van der Waals surface area contributed by atoms with E-state index >= 15 is 0 Å². The zero-order valence-electron chi connectivity index (χ0n) is 20.6. The van der Waals surface area contributed by atoms with Crippen LogP contribution in [0.15, 0.2) is 30.3 Å². The number of hydrogen-bond donors (Lipinski definition) is 5. The molecule has 0 fully saturated rings. The lowest BCUT2D eigenvalue weighted by molar-refractivity contribution is -0.159. The summed E-state index contributed by atoms with van der Waals surface area (Å²) in [4.78, 5) is 59.7. The summed E-state index contributed by atoms with van der Waals surface area (Å²) in [7, 11) is 1.19. The summed E-state index contributed by atoms with van der Waals surface area (Å²) < 4.78 is 9.79. The van der Waals surface area contributed by atoms with Crippen molar-refractivity contribution in [2.75, 3.05) is 20.3 Å². The van der Waals surface area contributed by atoms with Crippen LogP contribution in [-0.2, 0) is 39.9 Å². The Morgan fingerprint density at radius 2 is 1.61 bits per heavy atom. The maximum atomic E-state index is 12.4. The Morgan fingerprint density at radius 3 is 2.14 bits per heavy atom. The van der Waals surface area contributed by atoms with Crippen molar-refractivity contribution in [3.63, 3.8) is 0 Å². The number of esters is 2. The van der Waals surface area contributed by atoms with E-state index in [0.29, 0.717) is 0 Å². The molecular formula is C24H34N2O10. The van der Waals surface area contributed by atoms with Gasteiger partial charge in [-0.1, -0.05) is 30.3 Å². The highest BCUT2D eigenvalue weighted by Gasteiger charge is 2.30. The molecule has 0 radical (unpaired) electrons. The normalized spacial score (nSPS) is 13.7. The van der Waals surface area contributed by atoms with Crippen molar-refractivity contribution >= 4 is 29.8 Å². The van der Waals surface area contributed by atoms with Crippen molar-refractivity contribution < 1.29 is 48.8 Å². The number of nitrogens with one attached hydrogen (secondary N) is 2. The van der Waals surface area contributed by atoms with Gasteiger partial charge in [-0.25, -0.2) is 4.79 Å². The molecule has 1 aromatic rings. The molecule has 0 aliphatic heterocycles. The highest BCUT2D eigenvalue weighted by molar-refractivity contribution is 5.85. The smallest absolute Gasteiger partial charge is 0.326 e. The molecule has 0 saturated carbocycles. The fraction of sp³-hybridized carbons (Fsp3) is 0.542. The van der Waals surface area contributed by atoms with Crippen LogP contribution in [0.1, 0.15) is 38.7 Å². The molecule has 1 rings (SSSR count). The molecule has 36 heavy (non-hydrogen) atoms. The fourth-order valence-electron chi connectivity index (χ4n) is 3.27. The van der Waals surface area contributed by atoms with Crippen LogP contribution in [0.3, 0.4) is 0 Å². The van der Waals surface area contributed by atoms with Crippen molar-refractivity contribution in [3.05, 3.63) is 35.9 Å². The third-order valence-corrected chi connectivity index (χ3v) is 5.23. The van der Waals surface area contributed by atoms with Gasteiger partial charge in [0.2, 0.25) is 5.91 Å². The lowest BCUT2D eigenvalue weighted by Gasteiger charge is -2.23. The summed E-state index contributed by atoms with van der Waals surface area (Å²) in [5, 5.41) is 32.9. The van der Waals surface area contributed by atoms with Crippen molar-refractivity contribution in [1.29, 1.82) is 0 Å². The monoisotopic (exact) mass is 510 g/mol. The summed E-state index contributed by atoms with van der Waals surface area (Å²) >= 11 is 0. The number of ether oxygens (including phenoxy) is 2. The molecule has 0 heterocycles. The summed E-state index contributed by atoms with van der Waals surface area (Å²) in [6, 6.07) is 6.23. The number of rotatable bonds is 16. The third-order valence-electron chi connectivity index (χ3n) is 5.23. The largest absolute Gasteiger partial charge is 0.480 e. The fourth-order valence-corrected chi connectivity index (χ4v) is 3.27. The number of carboxylic acids is 2. The Hall–Kier alpha value is -3.51. The molecule has 12 heteroatoms. The van der Waals surface area contributed by atoms with E-state index in [4.69, 9.17) is 14.6 Å². The zero-order chi connectivity index (χ0) is 27.3. The van der Waals surface area contributed by atoms with Gasteiger partial charge >= 0.3 is 23.9 Å². The number of carbonyl (C=O) groups excluding carboxylic acids is 3. The first kappa shape index (κ1) is 30.5. The SMILES string of the molecule is COC(=O)C(Cc1ccccc1)C[C@H](NC(=O)CC[C@H](NCC(=O)OC(C)(C)CO)C(=O)O)C(=O)O. The highest BCUT2D eigenvalue weighted by atomic mass is 16.6. The van der Waals surface area contributed by atoms with Crippen molar-refractivity contribution in [2.24, 2.45) is 5.92 Å². The lowest BCUT2D eigenvalue weighted by atomic mass is 9.92. The van der Waals surface area contributed by atoms with Crippen molar-refractivity contribution in [3.8, 4) is 0 Å². The van der Waals surface area contributed by atoms with E-state index in [1.165, 1.54) is 21.0 Å². The van der Waals surface area contributed by atoms with Gasteiger partial charge in [-0.05, 0) is 38.7 Å². The van der Waals surface area contributed by atoms with Gasteiger partial charge in [-0.3, -0.25) is 24.5 Å². The Kier molecular flexibility index (Phi) is 12.5. The lowest BCUT2D eigenvalue weighted by Crippen LogP contribution is -2.45. The van der Waals surface area contributed by atoms with E-state index in [1.807, 2.05) is 0 Å². The first-order valence-corrected chi connectivity index (χ1v) is 11.3. The van der Waals surface area contributed by atoms with Crippen LogP contribution in [0.4, 0.5) is 0 Å². The minimum atomic E-state index is -1.41. The van der Waals surface area contributed by atoms with Crippen LogP contribution in [0, 0.1) is 5.92 Å². The van der Waals surface area contributed by atoms with E-state index in [-0.39, 0.29) is 25.7 Å². The van der Waals surface area contributed by atoms with Gasteiger partial charge in [0.1, 0.15) is 17.7 Å². The predicted octanol–water partition coefficient (Wildman–Crippen LogP) is 0.115. The summed E-state index contributed by atoms with van der Waals surface area (Å²) in [5.41, 5.74) is -0.342. The maximum Gasteiger partial charge on any atom is 0.326 e. The topological polar surface area (TPSA) is 189 Å². The number of methoxy groups -OCH3 is 1. The number of amides is 1. The Labute approximate surface area is 209 Å². The predicted molar refractivity (Wildman–Crippen MR) is 126 cm³/mol. The van der Waals surface area contributed by atoms with Gasteiger partial charge < -0.3 is 30.1 Å². The molecule has 0 aliphatic rings. The second-order valence-corrected chi connectivity index (χ2v) is 8.81.